The van der Waals surface area contributed by atoms with Crippen LogP contribution in [0, 0.1) is 5.21 Å². The van der Waals surface area contributed by atoms with Gasteiger partial charge in [0.25, 0.3) is 0 Å². The Morgan fingerprint density at radius 3 is 3.08 bits per heavy atom. The summed E-state index contributed by atoms with van der Waals surface area (Å²) in [6, 6.07) is 0. The zero-order chi connectivity index (χ0) is 9.68. The topological polar surface area (TPSA) is 70.2 Å². The number of nitrogens with zero attached hydrogens (tertiary/aromatic N) is 2. The lowest BCUT2D eigenvalue weighted by Gasteiger charge is -2.00. The second-order valence-electron chi connectivity index (χ2n) is 2.40. The van der Waals surface area contributed by atoms with Crippen LogP contribution in [0.15, 0.2) is 18.7 Å². The fourth-order valence-electron chi connectivity index (χ4n) is 0.823. The summed E-state index contributed by atoms with van der Waals surface area (Å²) in [6.07, 6.45) is 3.88. The van der Waals surface area contributed by atoms with Crippen molar-refractivity contribution in [1.29, 1.82) is 0 Å². The van der Waals surface area contributed by atoms with E-state index in [0.29, 0.717) is 11.3 Å². The minimum Gasteiger partial charge on any atom is -0.711 e. The number of rotatable bonds is 3. The van der Waals surface area contributed by atoms with Crippen LogP contribution >= 0.6 is 0 Å². The molecule has 0 atom stereocenters. The normalized spacial score (nSPS) is 9.62. The molecule has 0 saturated heterocycles. The number of imidazole rings is 1. The molecule has 0 aliphatic rings. The fourth-order valence-corrected chi connectivity index (χ4v) is 0.823. The van der Waals surface area contributed by atoms with Crippen LogP contribution in [0.1, 0.15) is 0 Å². The van der Waals surface area contributed by atoms with Crippen molar-refractivity contribution in [3.8, 4) is 0 Å². The van der Waals surface area contributed by atoms with Gasteiger partial charge in [-0.05, 0) is 0 Å². The summed E-state index contributed by atoms with van der Waals surface area (Å²) in [5.41, 5.74) is 0. The van der Waals surface area contributed by atoms with E-state index in [1.807, 2.05) is 0 Å². The van der Waals surface area contributed by atoms with E-state index in [1.54, 1.807) is 10.8 Å². The van der Waals surface area contributed by atoms with Gasteiger partial charge in [0.2, 0.25) is 6.33 Å². The molecule has 0 aromatic carbocycles. The first-order valence-corrected chi connectivity index (χ1v) is 3.81. The second kappa shape index (κ2) is 4.34. The van der Waals surface area contributed by atoms with Gasteiger partial charge in [0.15, 0.2) is 0 Å². The Balaban J connectivity index is 2.24. The van der Waals surface area contributed by atoms with Crippen LogP contribution in [-0.2, 0) is 11.3 Å². The van der Waals surface area contributed by atoms with Gasteiger partial charge in [-0.2, -0.15) is 0 Å². The third kappa shape index (κ3) is 3.02. The minimum atomic E-state index is -0.470. The van der Waals surface area contributed by atoms with Crippen LogP contribution in [0.4, 0.5) is 4.79 Å². The molecule has 0 aliphatic carbocycles. The van der Waals surface area contributed by atoms with Gasteiger partial charge in [0.05, 0.1) is 0 Å². The van der Waals surface area contributed by atoms with Crippen LogP contribution in [0.2, 0.25) is 0 Å². The molecule has 0 bridgehead atoms. The first kappa shape index (κ1) is 9.37. The highest BCUT2D eigenvalue weighted by atomic mass is 16.5. The summed E-state index contributed by atoms with van der Waals surface area (Å²) in [7, 11) is 1.49. The molecule has 72 valence electrons. The molecule has 1 heterocycles. The lowest BCUT2D eigenvalue weighted by molar-refractivity contribution is -0.604. The van der Waals surface area contributed by atoms with E-state index in [0.717, 1.165) is 0 Å². The number of amides is 1. The standard InChI is InChI=1S/C7H11N3O3/c1-8-7(11)13-5-4-9-2-3-10(12)6-9/h2-3,6H,4-5H2,1H3,(H,8,11). The summed E-state index contributed by atoms with van der Waals surface area (Å²) < 4.78 is 7.04. The van der Waals surface area contributed by atoms with Crippen molar-refractivity contribution in [2.75, 3.05) is 13.7 Å². The van der Waals surface area contributed by atoms with Crippen molar-refractivity contribution in [2.24, 2.45) is 0 Å². The van der Waals surface area contributed by atoms with E-state index in [-0.39, 0.29) is 6.61 Å². The molecule has 0 fully saturated rings. The third-order valence-corrected chi connectivity index (χ3v) is 1.45. The summed E-state index contributed by atoms with van der Waals surface area (Å²) in [5.74, 6) is 0. The molecule has 0 radical (unpaired) electrons. The first-order valence-electron chi connectivity index (χ1n) is 3.81. The number of carbonyl (C=O) groups is 1. The summed E-state index contributed by atoms with van der Waals surface area (Å²) in [5, 5.41) is 12.9. The Hall–Kier alpha value is -1.72. The number of nitrogens with one attached hydrogen (secondary N) is 1. The highest BCUT2D eigenvalue weighted by Gasteiger charge is 2.00. The average molecular weight is 185 g/mol. The third-order valence-electron chi connectivity index (χ3n) is 1.45. The predicted octanol–water partition coefficient (Wildman–Crippen LogP) is -0.523. The number of ether oxygens (including phenoxy) is 1. The summed E-state index contributed by atoms with van der Waals surface area (Å²) in [6.45, 7) is 0.719. The molecule has 0 spiro atoms. The minimum absolute atomic E-state index is 0.244. The zero-order valence-corrected chi connectivity index (χ0v) is 7.27. The second-order valence-corrected chi connectivity index (χ2v) is 2.40. The molecule has 0 saturated carbocycles. The Kier molecular flexibility index (Phi) is 3.13. The number of carbonyl (C=O) groups excluding carboxylic acids is 1. The lowest BCUT2D eigenvalue weighted by Crippen LogP contribution is -2.23. The molecule has 6 heteroatoms. The fraction of sp³-hybridized carbons (Fsp3) is 0.429. The Labute approximate surface area is 75.3 Å². The van der Waals surface area contributed by atoms with Gasteiger partial charge in [-0.25, -0.2) is 14.1 Å². The van der Waals surface area contributed by atoms with E-state index < -0.39 is 6.09 Å². The van der Waals surface area contributed by atoms with Gasteiger partial charge in [0, 0.05) is 7.05 Å². The maximum Gasteiger partial charge on any atom is 0.407 e. The molecule has 1 aromatic heterocycles. The van der Waals surface area contributed by atoms with E-state index in [9.17, 15) is 10.0 Å². The van der Waals surface area contributed by atoms with Crippen molar-refractivity contribution in [2.45, 2.75) is 6.54 Å². The van der Waals surface area contributed by atoms with E-state index >= 15 is 0 Å². The Morgan fingerprint density at radius 1 is 1.77 bits per heavy atom. The Bertz CT molecular complexity index is 284. The predicted molar refractivity (Wildman–Crippen MR) is 43.8 cm³/mol. The van der Waals surface area contributed by atoms with Crippen molar-refractivity contribution in [3.05, 3.63) is 23.9 Å². The lowest BCUT2D eigenvalue weighted by atomic mass is 10.6. The summed E-state index contributed by atoms with van der Waals surface area (Å²) >= 11 is 0. The van der Waals surface area contributed by atoms with E-state index in [1.165, 1.54) is 19.6 Å². The summed E-state index contributed by atoms with van der Waals surface area (Å²) in [4.78, 5) is 10.6. The molecule has 1 aromatic rings. The van der Waals surface area contributed by atoms with Crippen LogP contribution in [-0.4, -0.2) is 24.3 Å². The molecular formula is C7H11N3O3. The average Bonchev–Trinajstić information content (AvgIpc) is 2.51. The van der Waals surface area contributed by atoms with Gasteiger partial charge >= 0.3 is 6.09 Å². The van der Waals surface area contributed by atoms with Crippen molar-refractivity contribution in [1.82, 2.24) is 9.88 Å². The van der Waals surface area contributed by atoms with Gasteiger partial charge in [-0.1, -0.05) is 0 Å². The van der Waals surface area contributed by atoms with Gasteiger partial charge in [-0.15, -0.1) is 0 Å². The molecule has 0 unspecified atom stereocenters. The molecule has 1 rings (SSSR count). The Morgan fingerprint density at radius 2 is 2.54 bits per heavy atom. The van der Waals surface area contributed by atoms with Crippen LogP contribution in [0.25, 0.3) is 0 Å². The largest absolute Gasteiger partial charge is 0.711 e. The number of aromatic nitrogens is 2. The number of alkyl carbamates (subject to hydrolysis) is 1. The quantitative estimate of drug-likeness (QED) is 0.508. The number of hydrogen-bond acceptors (Lipinski definition) is 3. The van der Waals surface area contributed by atoms with Crippen LogP contribution in [0.5, 0.6) is 0 Å². The van der Waals surface area contributed by atoms with Gasteiger partial charge in [-0.3, -0.25) is 0 Å². The molecule has 13 heavy (non-hydrogen) atoms. The molecule has 0 aliphatic heterocycles. The molecule has 1 amide bonds. The first-order chi connectivity index (χ1) is 6.22. The van der Waals surface area contributed by atoms with Crippen LogP contribution in [0.3, 0.4) is 0 Å². The van der Waals surface area contributed by atoms with Gasteiger partial charge in [0.1, 0.15) is 25.5 Å². The SMILES string of the molecule is CNC(=O)OCCn1cc[n+]([O-])c1. The highest BCUT2D eigenvalue weighted by molar-refractivity contribution is 5.66. The zero-order valence-electron chi connectivity index (χ0n) is 7.27. The van der Waals surface area contributed by atoms with Crippen molar-refractivity contribution >= 4 is 6.09 Å². The van der Waals surface area contributed by atoms with E-state index in [4.69, 9.17) is 4.74 Å². The molecular weight excluding hydrogens is 174 g/mol. The smallest absolute Gasteiger partial charge is 0.407 e. The van der Waals surface area contributed by atoms with Gasteiger partial charge < -0.3 is 15.3 Å². The van der Waals surface area contributed by atoms with Crippen molar-refractivity contribution < 1.29 is 14.3 Å². The maximum atomic E-state index is 10.6. The van der Waals surface area contributed by atoms with Crippen molar-refractivity contribution in [3.63, 3.8) is 0 Å². The highest BCUT2D eigenvalue weighted by Crippen LogP contribution is 1.85. The molecule has 6 nitrogen and oxygen atoms in total. The number of hydrogen-bond donors (Lipinski definition) is 1. The molecule has 1 N–H and O–H groups in total. The van der Waals surface area contributed by atoms with Crippen LogP contribution < -0.4 is 10.0 Å². The van der Waals surface area contributed by atoms with E-state index in [2.05, 4.69) is 5.32 Å². The monoisotopic (exact) mass is 185 g/mol. The maximum absolute atomic E-state index is 10.6.